The molecule has 20 heavy (non-hydrogen) atoms. The molecule has 1 aliphatic heterocycles. The molecule has 0 bridgehead atoms. The standard InChI is InChI=1S/C13H16N4O3/c14-11(18)8-3-9(12(15)19)5-10(4-8)17-13(20)7-1-2-16-6-7/h3-5,7,16H,1-2,6H2,(H2,14,18)(H2,15,19)(H,17,20). The van der Waals surface area contributed by atoms with Crippen LogP contribution in [0, 0.1) is 5.92 Å². The van der Waals surface area contributed by atoms with Crippen molar-refractivity contribution in [1.82, 2.24) is 5.32 Å². The van der Waals surface area contributed by atoms with Crippen LogP contribution in [-0.4, -0.2) is 30.8 Å². The number of hydrogen-bond donors (Lipinski definition) is 4. The summed E-state index contributed by atoms with van der Waals surface area (Å²) in [7, 11) is 0. The second kappa shape index (κ2) is 5.70. The van der Waals surface area contributed by atoms with Gasteiger partial charge in [-0.2, -0.15) is 0 Å². The molecule has 7 nitrogen and oxygen atoms in total. The Bertz CT molecular complexity index is 532. The summed E-state index contributed by atoms with van der Waals surface area (Å²) in [6.07, 6.45) is 0.754. The van der Waals surface area contributed by atoms with Crippen LogP contribution < -0.4 is 22.1 Å². The molecule has 1 unspecified atom stereocenters. The molecule has 106 valence electrons. The van der Waals surface area contributed by atoms with E-state index in [2.05, 4.69) is 10.6 Å². The minimum absolute atomic E-state index is 0.121. The fourth-order valence-corrected chi connectivity index (χ4v) is 2.11. The second-order valence-electron chi connectivity index (χ2n) is 4.71. The smallest absolute Gasteiger partial charge is 0.248 e. The van der Waals surface area contributed by atoms with E-state index in [1.165, 1.54) is 18.2 Å². The van der Waals surface area contributed by atoms with Crippen LogP contribution >= 0.6 is 0 Å². The highest BCUT2D eigenvalue weighted by atomic mass is 16.2. The number of benzene rings is 1. The summed E-state index contributed by atoms with van der Waals surface area (Å²) in [5, 5.41) is 5.77. The molecule has 0 aromatic heterocycles. The van der Waals surface area contributed by atoms with Crippen molar-refractivity contribution >= 4 is 23.4 Å². The van der Waals surface area contributed by atoms with Crippen molar-refractivity contribution in [3.05, 3.63) is 29.3 Å². The molecule has 6 N–H and O–H groups in total. The van der Waals surface area contributed by atoms with E-state index in [1.807, 2.05) is 0 Å². The Morgan fingerprint density at radius 2 is 1.70 bits per heavy atom. The van der Waals surface area contributed by atoms with E-state index in [0.717, 1.165) is 13.0 Å². The molecule has 3 amide bonds. The largest absolute Gasteiger partial charge is 0.366 e. The molecule has 1 aromatic carbocycles. The highest BCUT2D eigenvalue weighted by molar-refractivity contribution is 6.02. The molecule has 1 saturated heterocycles. The van der Waals surface area contributed by atoms with Gasteiger partial charge in [0.2, 0.25) is 17.7 Å². The normalized spacial score (nSPS) is 17.7. The number of amides is 3. The van der Waals surface area contributed by atoms with E-state index in [1.54, 1.807) is 0 Å². The highest BCUT2D eigenvalue weighted by Gasteiger charge is 2.22. The molecule has 1 fully saturated rings. The SMILES string of the molecule is NC(=O)c1cc(NC(=O)C2CCNC2)cc(C(N)=O)c1. The summed E-state index contributed by atoms with van der Waals surface area (Å²) in [4.78, 5) is 34.4. The maximum absolute atomic E-state index is 12.0. The van der Waals surface area contributed by atoms with Crippen LogP contribution in [0.4, 0.5) is 5.69 Å². The lowest BCUT2D eigenvalue weighted by atomic mass is 10.1. The van der Waals surface area contributed by atoms with Crippen LogP contribution in [0.5, 0.6) is 0 Å². The van der Waals surface area contributed by atoms with E-state index >= 15 is 0 Å². The van der Waals surface area contributed by atoms with Crippen molar-refractivity contribution in [2.75, 3.05) is 18.4 Å². The second-order valence-corrected chi connectivity index (χ2v) is 4.71. The molecule has 1 aromatic rings. The maximum atomic E-state index is 12.0. The maximum Gasteiger partial charge on any atom is 0.248 e. The average Bonchev–Trinajstić information content (AvgIpc) is 2.92. The van der Waals surface area contributed by atoms with Gasteiger partial charge in [-0.1, -0.05) is 0 Å². The third kappa shape index (κ3) is 3.12. The van der Waals surface area contributed by atoms with E-state index in [9.17, 15) is 14.4 Å². The Kier molecular flexibility index (Phi) is 3.99. The van der Waals surface area contributed by atoms with Crippen LogP contribution in [0.3, 0.4) is 0 Å². The van der Waals surface area contributed by atoms with Gasteiger partial charge in [0.05, 0.1) is 5.92 Å². The summed E-state index contributed by atoms with van der Waals surface area (Å²) < 4.78 is 0. The fourth-order valence-electron chi connectivity index (χ4n) is 2.11. The van der Waals surface area contributed by atoms with Crippen LogP contribution in [0.2, 0.25) is 0 Å². The van der Waals surface area contributed by atoms with Crippen molar-refractivity contribution in [1.29, 1.82) is 0 Å². The van der Waals surface area contributed by atoms with E-state index in [4.69, 9.17) is 11.5 Å². The molecule has 0 radical (unpaired) electrons. The van der Waals surface area contributed by atoms with E-state index in [-0.39, 0.29) is 23.0 Å². The van der Waals surface area contributed by atoms with Crippen LogP contribution in [0.25, 0.3) is 0 Å². The Balaban J connectivity index is 2.23. The summed E-state index contributed by atoms with van der Waals surface area (Å²) in [5.74, 6) is -1.66. The predicted molar refractivity (Wildman–Crippen MR) is 73.1 cm³/mol. The summed E-state index contributed by atoms with van der Waals surface area (Å²) in [6, 6.07) is 4.15. The van der Waals surface area contributed by atoms with Crippen molar-refractivity contribution in [2.45, 2.75) is 6.42 Å². The van der Waals surface area contributed by atoms with Gasteiger partial charge in [0.15, 0.2) is 0 Å². The first-order valence-electron chi connectivity index (χ1n) is 6.23. The monoisotopic (exact) mass is 276 g/mol. The van der Waals surface area contributed by atoms with Gasteiger partial charge in [-0.15, -0.1) is 0 Å². The molecule has 0 aliphatic carbocycles. The van der Waals surface area contributed by atoms with Gasteiger partial charge in [0.1, 0.15) is 0 Å². The zero-order chi connectivity index (χ0) is 14.7. The van der Waals surface area contributed by atoms with Gasteiger partial charge < -0.3 is 22.1 Å². The minimum atomic E-state index is -0.689. The molecule has 1 aliphatic rings. The number of carbonyl (C=O) groups is 3. The molecule has 0 spiro atoms. The number of carbonyl (C=O) groups excluding carboxylic acids is 3. The Labute approximate surface area is 115 Å². The van der Waals surface area contributed by atoms with Crippen molar-refractivity contribution in [3.8, 4) is 0 Å². The summed E-state index contributed by atoms with van der Waals surface area (Å²) in [6.45, 7) is 1.41. The first-order valence-corrected chi connectivity index (χ1v) is 6.23. The van der Waals surface area contributed by atoms with Crippen LogP contribution in [0.15, 0.2) is 18.2 Å². The first kappa shape index (κ1) is 14.0. The van der Waals surface area contributed by atoms with Crippen molar-refractivity contribution in [2.24, 2.45) is 17.4 Å². The first-order chi connectivity index (χ1) is 9.47. The third-order valence-corrected chi connectivity index (χ3v) is 3.20. The number of nitrogens with one attached hydrogen (secondary N) is 2. The van der Waals surface area contributed by atoms with Gasteiger partial charge in [-0.05, 0) is 31.2 Å². The topological polar surface area (TPSA) is 127 Å². The van der Waals surface area contributed by atoms with Gasteiger partial charge in [0, 0.05) is 23.4 Å². The van der Waals surface area contributed by atoms with E-state index in [0.29, 0.717) is 12.2 Å². The number of anilines is 1. The van der Waals surface area contributed by atoms with Crippen LogP contribution in [-0.2, 0) is 4.79 Å². The summed E-state index contributed by atoms with van der Waals surface area (Å²) in [5.41, 5.74) is 11.0. The fraction of sp³-hybridized carbons (Fsp3) is 0.308. The van der Waals surface area contributed by atoms with E-state index < -0.39 is 11.8 Å². The lowest BCUT2D eigenvalue weighted by molar-refractivity contribution is -0.119. The Morgan fingerprint density at radius 3 is 2.15 bits per heavy atom. The number of primary amides is 2. The zero-order valence-electron chi connectivity index (χ0n) is 10.8. The molecule has 1 heterocycles. The Morgan fingerprint density at radius 1 is 1.10 bits per heavy atom. The van der Waals surface area contributed by atoms with Gasteiger partial charge >= 0.3 is 0 Å². The van der Waals surface area contributed by atoms with Crippen LogP contribution in [0.1, 0.15) is 27.1 Å². The highest BCUT2D eigenvalue weighted by Crippen LogP contribution is 2.17. The average molecular weight is 276 g/mol. The van der Waals surface area contributed by atoms with Crippen molar-refractivity contribution in [3.63, 3.8) is 0 Å². The number of nitrogens with two attached hydrogens (primary N) is 2. The van der Waals surface area contributed by atoms with Gasteiger partial charge in [0.25, 0.3) is 0 Å². The van der Waals surface area contributed by atoms with Gasteiger partial charge in [-0.25, -0.2) is 0 Å². The molecule has 1 atom stereocenters. The minimum Gasteiger partial charge on any atom is -0.366 e. The third-order valence-electron chi connectivity index (χ3n) is 3.20. The lowest BCUT2D eigenvalue weighted by Gasteiger charge is -2.11. The summed E-state index contributed by atoms with van der Waals surface area (Å²) >= 11 is 0. The molecule has 2 rings (SSSR count). The Hall–Kier alpha value is -2.41. The van der Waals surface area contributed by atoms with Gasteiger partial charge in [-0.3, -0.25) is 14.4 Å². The molecular formula is C13H16N4O3. The molecular weight excluding hydrogens is 260 g/mol. The number of hydrogen-bond acceptors (Lipinski definition) is 4. The molecule has 0 saturated carbocycles. The van der Waals surface area contributed by atoms with Crippen molar-refractivity contribution < 1.29 is 14.4 Å². The predicted octanol–water partition coefficient (Wildman–Crippen LogP) is -0.568. The number of rotatable bonds is 4. The molecule has 7 heteroatoms. The lowest BCUT2D eigenvalue weighted by Crippen LogP contribution is -2.25. The zero-order valence-corrected chi connectivity index (χ0v) is 10.8. The quantitative estimate of drug-likeness (QED) is 0.587.